The SMILES string of the molecule is Cc1noc(-c2oc3cccnc3c2N=CNO)n1. The fraction of sp³-hybridized carbons (Fsp3) is 0.0909. The highest BCUT2D eigenvalue weighted by molar-refractivity contribution is 5.94. The van der Waals surface area contributed by atoms with Crippen LogP contribution < -0.4 is 5.48 Å². The first-order chi connectivity index (χ1) is 9.29. The van der Waals surface area contributed by atoms with E-state index in [4.69, 9.17) is 14.1 Å². The maximum Gasteiger partial charge on any atom is 0.296 e. The molecule has 0 spiro atoms. The van der Waals surface area contributed by atoms with Crippen LogP contribution in [0.3, 0.4) is 0 Å². The van der Waals surface area contributed by atoms with Gasteiger partial charge in [-0.05, 0) is 19.1 Å². The molecule has 3 aromatic rings. The molecule has 0 unspecified atom stereocenters. The highest BCUT2D eigenvalue weighted by Gasteiger charge is 2.20. The van der Waals surface area contributed by atoms with Gasteiger partial charge in [0.1, 0.15) is 17.5 Å². The van der Waals surface area contributed by atoms with Gasteiger partial charge in [0.2, 0.25) is 5.76 Å². The number of aromatic nitrogens is 3. The minimum Gasteiger partial charge on any atom is -0.447 e. The number of nitrogens with zero attached hydrogens (tertiary/aromatic N) is 4. The van der Waals surface area contributed by atoms with E-state index in [0.717, 1.165) is 6.34 Å². The van der Waals surface area contributed by atoms with E-state index in [2.05, 4.69) is 20.1 Å². The van der Waals surface area contributed by atoms with Crippen LogP contribution in [-0.4, -0.2) is 26.7 Å². The van der Waals surface area contributed by atoms with Crippen LogP contribution >= 0.6 is 0 Å². The van der Waals surface area contributed by atoms with Crippen LogP contribution in [0.25, 0.3) is 22.8 Å². The lowest BCUT2D eigenvalue weighted by atomic mass is 10.3. The van der Waals surface area contributed by atoms with Crippen molar-refractivity contribution in [2.75, 3.05) is 0 Å². The van der Waals surface area contributed by atoms with Gasteiger partial charge >= 0.3 is 0 Å². The van der Waals surface area contributed by atoms with Crippen molar-refractivity contribution >= 4 is 23.1 Å². The maximum absolute atomic E-state index is 8.60. The van der Waals surface area contributed by atoms with Crippen LogP contribution in [0.2, 0.25) is 0 Å². The lowest BCUT2D eigenvalue weighted by Crippen LogP contribution is -2.00. The summed E-state index contributed by atoms with van der Waals surface area (Å²) >= 11 is 0. The van der Waals surface area contributed by atoms with Crippen LogP contribution in [0.15, 0.2) is 32.3 Å². The molecule has 0 fully saturated rings. The van der Waals surface area contributed by atoms with E-state index < -0.39 is 0 Å². The second-order valence-electron chi connectivity index (χ2n) is 3.66. The van der Waals surface area contributed by atoms with Crippen LogP contribution in [0.1, 0.15) is 5.82 Å². The van der Waals surface area contributed by atoms with Gasteiger partial charge in [0.25, 0.3) is 5.89 Å². The van der Waals surface area contributed by atoms with Crippen molar-refractivity contribution in [3.8, 4) is 11.7 Å². The zero-order valence-electron chi connectivity index (χ0n) is 9.86. The quantitative estimate of drug-likeness (QED) is 0.419. The molecule has 0 saturated carbocycles. The third kappa shape index (κ3) is 1.93. The summed E-state index contributed by atoms with van der Waals surface area (Å²) in [4.78, 5) is 12.3. The van der Waals surface area contributed by atoms with Crippen molar-refractivity contribution in [2.45, 2.75) is 6.92 Å². The number of rotatable bonds is 3. The molecule has 2 N–H and O–H groups in total. The Kier molecular flexibility index (Phi) is 2.69. The molecule has 96 valence electrons. The molecule has 0 atom stereocenters. The molecule has 8 heteroatoms. The standard InChI is InChI=1S/C11H9N5O3/c1-6-15-11(19-16-6)10-9(13-5-14-17)8-7(18-10)3-2-4-12-8/h2-5,17H,1H3,(H,13,14). The highest BCUT2D eigenvalue weighted by atomic mass is 16.5. The number of hydrogen-bond donors (Lipinski definition) is 2. The van der Waals surface area contributed by atoms with Crippen molar-refractivity contribution in [2.24, 2.45) is 4.99 Å². The minimum atomic E-state index is 0.209. The van der Waals surface area contributed by atoms with E-state index in [9.17, 15) is 0 Å². The second kappa shape index (κ2) is 4.50. The predicted molar refractivity (Wildman–Crippen MR) is 65.1 cm³/mol. The molecule has 0 bridgehead atoms. The molecule has 8 nitrogen and oxygen atoms in total. The Morgan fingerprint density at radius 2 is 2.37 bits per heavy atom. The molecule has 0 aliphatic carbocycles. The molecule has 0 saturated heterocycles. The first-order valence-corrected chi connectivity index (χ1v) is 5.40. The molecule has 0 aliphatic rings. The molecule has 3 rings (SSSR count). The molecule has 19 heavy (non-hydrogen) atoms. The number of aryl methyl sites for hydroxylation is 1. The van der Waals surface area contributed by atoms with E-state index >= 15 is 0 Å². The van der Waals surface area contributed by atoms with E-state index in [1.165, 1.54) is 0 Å². The summed E-state index contributed by atoms with van der Waals surface area (Å²) in [5, 5.41) is 12.3. The largest absolute Gasteiger partial charge is 0.447 e. The third-order valence-electron chi connectivity index (χ3n) is 2.40. The van der Waals surface area contributed by atoms with Gasteiger partial charge in [0.05, 0.1) is 0 Å². The maximum atomic E-state index is 8.60. The molecule has 0 aliphatic heterocycles. The highest BCUT2D eigenvalue weighted by Crippen LogP contribution is 2.37. The van der Waals surface area contributed by atoms with Gasteiger partial charge in [-0.25, -0.2) is 4.99 Å². The van der Waals surface area contributed by atoms with Gasteiger partial charge in [-0.15, -0.1) is 0 Å². The molecule has 0 aromatic carbocycles. The summed E-state index contributed by atoms with van der Waals surface area (Å²) in [7, 11) is 0. The Labute approximate surface area is 106 Å². The van der Waals surface area contributed by atoms with Gasteiger partial charge in [-0.1, -0.05) is 5.16 Å². The van der Waals surface area contributed by atoms with E-state index in [1.807, 2.05) is 5.48 Å². The monoisotopic (exact) mass is 259 g/mol. The fourth-order valence-electron chi connectivity index (χ4n) is 1.66. The summed E-state index contributed by atoms with van der Waals surface area (Å²) in [5.41, 5.74) is 3.31. The Balaban J connectivity index is 2.25. The average molecular weight is 259 g/mol. The topological polar surface area (TPSA) is 110 Å². The number of hydroxylamine groups is 1. The summed E-state index contributed by atoms with van der Waals surface area (Å²) < 4.78 is 10.7. The molecule has 3 heterocycles. The third-order valence-corrected chi connectivity index (χ3v) is 2.40. The number of aliphatic imine (C=N–C) groups is 1. The van der Waals surface area contributed by atoms with E-state index in [-0.39, 0.29) is 5.89 Å². The minimum absolute atomic E-state index is 0.209. The molecular formula is C11H9N5O3. The van der Waals surface area contributed by atoms with Crippen LogP contribution in [0.4, 0.5) is 5.69 Å². The molecule has 0 radical (unpaired) electrons. The smallest absolute Gasteiger partial charge is 0.296 e. The first-order valence-electron chi connectivity index (χ1n) is 5.40. The Morgan fingerprint density at radius 3 is 3.11 bits per heavy atom. The lowest BCUT2D eigenvalue weighted by Gasteiger charge is -1.91. The average Bonchev–Trinajstić information content (AvgIpc) is 3.00. The summed E-state index contributed by atoms with van der Waals surface area (Å²) in [6, 6.07) is 3.49. The van der Waals surface area contributed by atoms with Crippen molar-refractivity contribution in [1.29, 1.82) is 0 Å². The van der Waals surface area contributed by atoms with Crippen molar-refractivity contribution in [3.05, 3.63) is 24.2 Å². The Morgan fingerprint density at radius 1 is 1.47 bits per heavy atom. The molecular weight excluding hydrogens is 250 g/mol. The predicted octanol–water partition coefficient (Wildman–Crippen LogP) is 1.82. The first kappa shape index (κ1) is 11.4. The van der Waals surface area contributed by atoms with Gasteiger partial charge in [-0.3, -0.25) is 15.7 Å². The van der Waals surface area contributed by atoms with Gasteiger partial charge in [0.15, 0.2) is 11.4 Å². The number of nitrogens with one attached hydrogen (secondary N) is 1. The fourth-order valence-corrected chi connectivity index (χ4v) is 1.66. The van der Waals surface area contributed by atoms with E-state index in [1.54, 1.807) is 25.3 Å². The Hall–Kier alpha value is -2.74. The Bertz CT molecular complexity index is 746. The number of furan rings is 1. The van der Waals surface area contributed by atoms with Crippen molar-refractivity contribution in [3.63, 3.8) is 0 Å². The summed E-state index contributed by atoms with van der Waals surface area (Å²) in [6.07, 6.45) is 2.72. The van der Waals surface area contributed by atoms with Gasteiger partial charge in [0, 0.05) is 6.20 Å². The second-order valence-corrected chi connectivity index (χ2v) is 3.66. The van der Waals surface area contributed by atoms with Crippen LogP contribution in [-0.2, 0) is 0 Å². The van der Waals surface area contributed by atoms with Gasteiger partial charge in [-0.2, -0.15) is 4.98 Å². The molecule has 0 amide bonds. The zero-order valence-corrected chi connectivity index (χ0v) is 9.86. The van der Waals surface area contributed by atoms with Gasteiger partial charge < -0.3 is 8.94 Å². The summed E-state index contributed by atoms with van der Waals surface area (Å²) in [5.74, 6) is 1.00. The van der Waals surface area contributed by atoms with Crippen molar-refractivity contribution < 1.29 is 14.1 Å². The van der Waals surface area contributed by atoms with Crippen LogP contribution in [0, 0.1) is 6.92 Å². The number of pyridine rings is 1. The lowest BCUT2D eigenvalue weighted by molar-refractivity contribution is 0.240. The number of fused-ring (bicyclic) bond motifs is 1. The zero-order chi connectivity index (χ0) is 13.2. The number of hydrogen-bond acceptors (Lipinski definition) is 7. The normalized spacial score (nSPS) is 11.5. The van der Waals surface area contributed by atoms with E-state index in [0.29, 0.717) is 28.4 Å². The molecule has 3 aromatic heterocycles. The van der Waals surface area contributed by atoms with Crippen LogP contribution in [0.5, 0.6) is 0 Å². The van der Waals surface area contributed by atoms with Crippen molar-refractivity contribution in [1.82, 2.24) is 20.6 Å². The summed E-state index contributed by atoms with van der Waals surface area (Å²) in [6.45, 7) is 1.70.